The number of aromatic amines is 1. The molecular formula is C13H21N5O2. The van der Waals surface area contributed by atoms with Crippen LogP contribution in [0.2, 0.25) is 0 Å². The molecule has 2 amide bonds. The fourth-order valence-corrected chi connectivity index (χ4v) is 2.22. The van der Waals surface area contributed by atoms with Gasteiger partial charge in [0.05, 0.1) is 5.41 Å². The maximum absolute atomic E-state index is 12.2. The third-order valence-corrected chi connectivity index (χ3v) is 3.55. The van der Waals surface area contributed by atoms with Crippen LogP contribution < -0.4 is 16.0 Å². The van der Waals surface area contributed by atoms with E-state index in [1.165, 1.54) is 0 Å². The van der Waals surface area contributed by atoms with Gasteiger partial charge in [0.1, 0.15) is 0 Å². The molecule has 1 aromatic heterocycles. The van der Waals surface area contributed by atoms with Gasteiger partial charge < -0.3 is 16.0 Å². The van der Waals surface area contributed by atoms with E-state index in [1.54, 1.807) is 20.9 Å². The van der Waals surface area contributed by atoms with E-state index in [2.05, 4.69) is 26.1 Å². The van der Waals surface area contributed by atoms with Gasteiger partial charge in [0.15, 0.2) is 5.69 Å². The molecule has 0 aliphatic carbocycles. The number of nitrogens with one attached hydrogen (secondary N) is 4. The van der Waals surface area contributed by atoms with Gasteiger partial charge in [-0.3, -0.25) is 14.7 Å². The molecule has 0 unspecified atom stereocenters. The van der Waals surface area contributed by atoms with Gasteiger partial charge in [-0.05, 0) is 13.8 Å². The molecular weight excluding hydrogens is 258 g/mol. The SMILES string of the molecule is CNC(=O)C(C)(C)CNC(=O)c1n[nH]c2c1CNCC2. The van der Waals surface area contributed by atoms with Crippen molar-refractivity contribution < 1.29 is 9.59 Å². The van der Waals surface area contributed by atoms with Gasteiger partial charge in [-0.25, -0.2) is 0 Å². The molecule has 1 aromatic rings. The lowest BCUT2D eigenvalue weighted by Gasteiger charge is -2.22. The maximum atomic E-state index is 12.2. The molecule has 1 aliphatic heterocycles. The van der Waals surface area contributed by atoms with Crippen molar-refractivity contribution in [2.75, 3.05) is 20.1 Å². The Labute approximate surface area is 117 Å². The summed E-state index contributed by atoms with van der Waals surface area (Å²) in [6.07, 6.45) is 0.847. The summed E-state index contributed by atoms with van der Waals surface area (Å²) in [5.74, 6) is -0.355. The molecule has 1 aliphatic rings. The highest BCUT2D eigenvalue weighted by Crippen LogP contribution is 2.17. The van der Waals surface area contributed by atoms with Crippen molar-refractivity contribution in [3.63, 3.8) is 0 Å². The monoisotopic (exact) mass is 279 g/mol. The number of amides is 2. The normalized spacial score (nSPS) is 14.6. The Morgan fingerprint density at radius 3 is 2.85 bits per heavy atom. The molecule has 4 N–H and O–H groups in total. The number of hydrogen-bond donors (Lipinski definition) is 4. The zero-order valence-corrected chi connectivity index (χ0v) is 12.1. The van der Waals surface area contributed by atoms with Gasteiger partial charge in [-0.1, -0.05) is 0 Å². The Kier molecular flexibility index (Phi) is 4.08. The number of rotatable bonds is 4. The number of aromatic nitrogens is 2. The van der Waals surface area contributed by atoms with Crippen LogP contribution in [0.1, 0.15) is 35.6 Å². The molecule has 2 rings (SSSR count). The van der Waals surface area contributed by atoms with Crippen molar-refractivity contribution in [2.24, 2.45) is 5.41 Å². The van der Waals surface area contributed by atoms with E-state index in [9.17, 15) is 9.59 Å². The van der Waals surface area contributed by atoms with Crippen LogP contribution in [0, 0.1) is 5.41 Å². The molecule has 0 atom stereocenters. The molecule has 0 saturated heterocycles. The first-order valence-corrected chi connectivity index (χ1v) is 6.73. The summed E-state index contributed by atoms with van der Waals surface area (Å²) in [5.41, 5.74) is 1.70. The first-order valence-electron chi connectivity index (χ1n) is 6.73. The Morgan fingerprint density at radius 1 is 1.40 bits per heavy atom. The molecule has 0 radical (unpaired) electrons. The maximum Gasteiger partial charge on any atom is 0.272 e. The highest BCUT2D eigenvalue weighted by molar-refractivity contribution is 5.94. The Hall–Kier alpha value is -1.89. The Bertz CT molecular complexity index is 521. The molecule has 110 valence electrons. The molecule has 0 bridgehead atoms. The summed E-state index contributed by atoms with van der Waals surface area (Å²) in [6, 6.07) is 0. The topological polar surface area (TPSA) is 98.9 Å². The van der Waals surface area contributed by atoms with Crippen LogP contribution in [-0.4, -0.2) is 42.1 Å². The first kappa shape index (κ1) is 14.5. The number of H-pyrrole nitrogens is 1. The van der Waals surface area contributed by atoms with Crippen molar-refractivity contribution in [3.05, 3.63) is 17.0 Å². The lowest BCUT2D eigenvalue weighted by atomic mass is 9.92. The van der Waals surface area contributed by atoms with Gasteiger partial charge in [-0.2, -0.15) is 5.10 Å². The van der Waals surface area contributed by atoms with E-state index in [0.717, 1.165) is 24.2 Å². The molecule has 2 heterocycles. The molecule has 0 saturated carbocycles. The van der Waals surface area contributed by atoms with E-state index < -0.39 is 5.41 Å². The second kappa shape index (κ2) is 5.62. The summed E-state index contributed by atoms with van der Waals surface area (Å²) in [6.45, 7) is 5.37. The predicted molar refractivity (Wildman–Crippen MR) is 74.2 cm³/mol. The molecule has 20 heavy (non-hydrogen) atoms. The fourth-order valence-electron chi connectivity index (χ4n) is 2.22. The van der Waals surface area contributed by atoms with E-state index in [4.69, 9.17) is 0 Å². The second-order valence-electron chi connectivity index (χ2n) is 5.60. The number of fused-ring (bicyclic) bond motifs is 1. The van der Waals surface area contributed by atoms with Crippen molar-refractivity contribution in [1.29, 1.82) is 0 Å². The van der Waals surface area contributed by atoms with Gasteiger partial charge in [0, 0.05) is 44.4 Å². The van der Waals surface area contributed by atoms with E-state index in [-0.39, 0.29) is 18.4 Å². The minimum atomic E-state index is -0.654. The zero-order valence-electron chi connectivity index (χ0n) is 12.1. The number of nitrogens with zero attached hydrogens (tertiary/aromatic N) is 1. The van der Waals surface area contributed by atoms with Crippen molar-refractivity contribution in [1.82, 2.24) is 26.1 Å². The minimum Gasteiger partial charge on any atom is -0.359 e. The Balaban J connectivity index is 2.02. The van der Waals surface area contributed by atoms with E-state index >= 15 is 0 Å². The summed E-state index contributed by atoms with van der Waals surface area (Å²) in [4.78, 5) is 23.9. The van der Waals surface area contributed by atoms with Gasteiger partial charge in [-0.15, -0.1) is 0 Å². The molecule has 0 fully saturated rings. The first-order chi connectivity index (χ1) is 9.45. The van der Waals surface area contributed by atoms with Crippen molar-refractivity contribution >= 4 is 11.8 Å². The summed E-state index contributed by atoms with van der Waals surface area (Å²) < 4.78 is 0. The largest absolute Gasteiger partial charge is 0.359 e. The lowest BCUT2D eigenvalue weighted by molar-refractivity contribution is -0.128. The van der Waals surface area contributed by atoms with Crippen molar-refractivity contribution in [2.45, 2.75) is 26.8 Å². The number of carbonyl (C=O) groups excluding carboxylic acids is 2. The quantitative estimate of drug-likeness (QED) is 0.600. The smallest absolute Gasteiger partial charge is 0.272 e. The average molecular weight is 279 g/mol. The van der Waals surface area contributed by atoms with Crippen molar-refractivity contribution in [3.8, 4) is 0 Å². The Morgan fingerprint density at radius 2 is 2.15 bits per heavy atom. The number of carbonyl (C=O) groups is 2. The summed E-state index contributed by atoms with van der Waals surface area (Å²) in [7, 11) is 1.58. The van der Waals surface area contributed by atoms with E-state index in [0.29, 0.717) is 12.2 Å². The standard InChI is InChI=1S/C13H21N5O2/c1-13(2,12(20)14-3)7-16-11(19)10-8-6-15-5-4-9(8)17-18-10/h15H,4-7H2,1-3H3,(H,14,20)(H,16,19)(H,17,18). The van der Waals surface area contributed by atoms with Crippen LogP contribution >= 0.6 is 0 Å². The van der Waals surface area contributed by atoms with Crippen LogP contribution in [0.15, 0.2) is 0 Å². The average Bonchev–Trinajstić information content (AvgIpc) is 2.88. The highest BCUT2D eigenvalue weighted by Gasteiger charge is 2.28. The van der Waals surface area contributed by atoms with Crippen LogP contribution in [0.4, 0.5) is 0 Å². The molecule has 0 aromatic carbocycles. The highest BCUT2D eigenvalue weighted by atomic mass is 16.2. The molecule has 7 nitrogen and oxygen atoms in total. The van der Waals surface area contributed by atoms with Gasteiger partial charge in [0.25, 0.3) is 5.91 Å². The predicted octanol–water partition coefficient (Wildman–Crippen LogP) is -0.443. The van der Waals surface area contributed by atoms with Gasteiger partial charge >= 0.3 is 0 Å². The molecule has 0 spiro atoms. The second-order valence-corrected chi connectivity index (χ2v) is 5.60. The minimum absolute atomic E-state index is 0.108. The fraction of sp³-hybridized carbons (Fsp3) is 0.615. The van der Waals surface area contributed by atoms with E-state index in [1.807, 2.05) is 0 Å². The zero-order chi connectivity index (χ0) is 14.8. The van der Waals surface area contributed by atoms with Crippen LogP contribution in [-0.2, 0) is 17.8 Å². The third kappa shape index (κ3) is 2.82. The number of hydrogen-bond acceptors (Lipinski definition) is 4. The third-order valence-electron chi connectivity index (χ3n) is 3.55. The molecule has 7 heteroatoms. The summed E-state index contributed by atoms with van der Waals surface area (Å²) in [5, 5.41) is 15.6. The van der Waals surface area contributed by atoms with Crippen LogP contribution in [0.3, 0.4) is 0 Å². The van der Waals surface area contributed by atoms with Crippen LogP contribution in [0.25, 0.3) is 0 Å². The van der Waals surface area contributed by atoms with Gasteiger partial charge in [0.2, 0.25) is 5.91 Å². The lowest BCUT2D eigenvalue weighted by Crippen LogP contribution is -2.44. The van der Waals surface area contributed by atoms with Crippen LogP contribution in [0.5, 0.6) is 0 Å². The summed E-state index contributed by atoms with van der Waals surface area (Å²) >= 11 is 0.